The molecule has 0 N–H and O–H groups in total. The fourth-order valence-corrected chi connectivity index (χ4v) is 3.65. The van der Waals surface area contributed by atoms with Gasteiger partial charge in [0.2, 0.25) is 17.6 Å². The van der Waals surface area contributed by atoms with Crippen LogP contribution >= 0.6 is 0 Å². The van der Waals surface area contributed by atoms with Gasteiger partial charge in [-0.05, 0) is 49.1 Å². The first-order chi connectivity index (χ1) is 14.5. The van der Waals surface area contributed by atoms with E-state index in [0.29, 0.717) is 43.6 Å². The van der Waals surface area contributed by atoms with E-state index >= 15 is 0 Å². The molecule has 1 aliphatic heterocycles. The van der Waals surface area contributed by atoms with Gasteiger partial charge in [-0.15, -0.1) is 0 Å². The number of amides is 1. The van der Waals surface area contributed by atoms with Crippen LogP contribution in [0.15, 0.2) is 53.1 Å². The van der Waals surface area contributed by atoms with Crippen LogP contribution < -0.4 is 4.74 Å². The molecule has 6 nitrogen and oxygen atoms in total. The van der Waals surface area contributed by atoms with Crippen LogP contribution in [0.3, 0.4) is 0 Å². The fourth-order valence-electron chi connectivity index (χ4n) is 3.65. The number of benzene rings is 2. The lowest BCUT2D eigenvalue weighted by molar-refractivity contribution is -0.130. The van der Waals surface area contributed by atoms with Crippen molar-refractivity contribution in [2.45, 2.75) is 46.2 Å². The first-order valence-electron chi connectivity index (χ1n) is 10.4. The Morgan fingerprint density at radius 3 is 2.73 bits per heavy atom. The molecule has 1 unspecified atom stereocenters. The number of likely N-dealkylation sites (tertiary alicyclic amines) is 1. The summed E-state index contributed by atoms with van der Waals surface area (Å²) in [7, 11) is 0. The van der Waals surface area contributed by atoms with E-state index < -0.39 is 0 Å². The Balaban J connectivity index is 1.49. The van der Waals surface area contributed by atoms with Crippen LogP contribution in [0.25, 0.3) is 11.4 Å². The molecule has 3 aromatic rings. The molecule has 1 fully saturated rings. The van der Waals surface area contributed by atoms with Crippen molar-refractivity contribution in [2.75, 3.05) is 6.61 Å². The van der Waals surface area contributed by atoms with Crippen molar-refractivity contribution in [3.63, 3.8) is 0 Å². The lowest BCUT2D eigenvalue weighted by Crippen LogP contribution is -2.27. The number of carbonyl (C=O) groups excluding carboxylic acids is 1. The summed E-state index contributed by atoms with van der Waals surface area (Å²) >= 11 is 0. The van der Waals surface area contributed by atoms with Crippen LogP contribution in [0, 0.1) is 12.8 Å². The van der Waals surface area contributed by atoms with Gasteiger partial charge in [0.05, 0.1) is 6.61 Å². The van der Waals surface area contributed by atoms with Gasteiger partial charge in [0.25, 0.3) is 0 Å². The van der Waals surface area contributed by atoms with E-state index in [2.05, 4.69) is 43.0 Å². The fraction of sp³-hybridized carbons (Fsp3) is 0.375. The minimum Gasteiger partial charge on any atom is -0.493 e. The van der Waals surface area contributed by atoms with Crippen molar-refractivity contribution in [3.05, 3.63) is 65.5 Å². The van der Waals surface area contributed by atoms with E-state index in [0.717, 1.165) is 16.9 Å². The number of hydrogen-bond acceptors (Lipinski definition) is 5. The number of nitrogens with zero attached hydrogens (tertiary/aromatic N) is 3. The standard InChI is InChI=1S/C24H27N3O3/c1-16(2)15-29-20-9-7-19(8-10-20)23-25-24(30-26-23)21-11-12-22(28)27(21)14-18-6-4-5-17(3)13-18/h4-10,13,16,21H,11-12,14-15H2,1-3H3. The molecule has 30 heavy (non-hydrogen) atoms. The molecule has 156 valence electrons. The first-order valence-corrected chi connectivity index (χ1v) is 10.4. The van der Waals surface area contributed by atoms with Gasteiger partial charge in [-0.1, -0.05) is 48.8 Å². The molecule has 2 aromatic carbocycles. The number of ether oxygens (including phenoxy) is 1. The highest BCUT2D eigenvalue weighted by molar-refractivity contribution is 5.78. The maximum Gasteiger partial charge on any atom is 0.249 e. The maximum absolute atomic E-state index is 12.5. The van der Waals surface area contributed by atoms with Gasteiger partial charge in [0.15, 0.2) is 0 Å². The van der Waals surface area contributed by atoms with E-state index in [1.165, 1.54) is 5.56 Å². The molecule has 0 radical (unpaired) electrons. The van der Waals surface area contributed by atoms with Gasteiger partial charge >= 0.3 is 0 Å². The Kier molecular flexibility index (Phi) is 5.84. The molecule has 1 aliphatic rings. The zero-order chi connectivity index (χ0) is 21.1. The van der Waals surface area contributed by atoms with Crippen molar-refractivity contribution in [1.29, 1.82) is 0 Å². The van der Waals surface area contributed by atoms with Gasteiger partial charge in [-0.2, -0.15) is 4.98 Å². The number of carbonyl (C=O) groups is 1. The number of hydrogen-bond donors (Lipinski definition) is 0. The van der Waals surface area contributed by atoms with E-state index in [9.17, 15) is 4.79 Å². The Morgan fingerprint density at radius 2 is 2.00 bits per heavy atom. The summed E-state index contributed by atoms with van der Waals surface area (Å²) in [5, 5.41) is 4.15. The zero-order valence-corrected chi connectivity index (χ0v) is 17.7. The summed E-state index contributed by atoms with van der Waals surface area (Å²) in [6, 6.07) is 15.7. The second-order valence-corrected chi connectivity index (χ2v) is 8.25. The van der Waals surface area contributed by atoms with Gasteiger partial charge < -0.3 is 14.2 Å². The minimum absolute atomic E-state index is 0.118. The third kappa shape index (κ3) is 4.53. The predicted octanol–water partition coefficient (Wildman–Crippen LogP) is 4.94. The lowest BCUT2D eigenvalue weighted by atomic mass is 10.1. The SMILES string of the molecule is Cc1cccc(CN2C(=O)CCC2c2nc(-c3ccc(OCC(C)C)cc3)no2)c1. The van der Waals surface area contributed by atoms with Crippen LogP contribution in [0.4, 0.5) is 0 Å². The van der Waals surface area contributed by atoms with Crippen LogP contribution in [-0.2, 0) is 11.3 Å². The topological polar surface area (TPSA) is 68.5 Å². The second-order valence-electron chi connectivity index (χ2n) is 8.25. The van der Waals surface area contributed by atoms with Crippen LogP contribution in [0.1, 0.15) is 49.7 Å². The van der Waals surface area contributed by atoms with Gasteiger partial charge in [0, 0.05) is 18.5 Å². The monoisotopic (exact) mass is 405 g/mol. The summed E-state index contributed by atoms with van der Waals surface area (Å²) in [5.41, 5.74) is 3.14. The second kappa shape index (κ2) is 8.69. The molecular formula is C24H27N3O3. The normalized spacial score (nSPS) is 16.5. The van der Waals surface area contributed by atoms with Crippen molar-refractivity contribution in [2.24, 2.45) is 5.92 Å². The molecule has 4 rings (SSSR count). The molecule has 0 saturated carbocycles. The first kappa shape index (κ1) is 20.1. The largest absolute Gasteiger partial charge is 0.493 e. The van der Waals surface area contributed by atoms with Crippen molar-refractivity contribution < 1.29 is 14.1 Å². The molecule has 1 saturated heterocycles. The quantitative estimate of drug-likeness (QED) is 0.557. The summed E-state index contributed by atoms with van der Waals surface area (Å²) in [6.45, 7) is 7.51. The Labute approximate surface area is 176 Å². The number of aromatic nitrogens is 2. The molecule has 0 bridgehead atoms. The van der Waals surface area contributed by atoms with Crippen LogP contribution in [0.5, 0.6) is 5.75 Å². The Bertz CT molecular complexity index is 1010. The van der Waals surface area contributed by atoms with Gasteiger partial charge in [-0.3, -0.25) is 4.79 Å². The van der Waals surface area contributed by atoms with Crippen molar-refractivity contribution >= 4 is 5.91 Å². The summed E-state index contributed by atoms with van der Waals surface area (Å²) in [6.07, 6.45) is 1.18. The van der Waals surface area contributed by atoms with Crippen LogP contribution in [-0.4, -0.2) is 27.6 Å². The Hall–Kier alpha value is -3.15. The summed E-state index contributed by atoms with van der Waals surface area (Å²) in [5.74, 6) is 2.43. The third-order valence-corrected chi connectivity index (χ3v) is 5.19. The Morgan fingerprint density at radius 1 is 1.20 bits per heavy atom. The van der Waals surface area contributed by atoms with Crippen molar-refractivity contribution in [3.8, 4) is 17.1 Å². The average molecular weight is 405 g/mol. The van der Waals surface area contributed by atoms with E-state index in [4.69, 9.17) is 9.26 Å². The molecule has 6 heteroatoms. The average Bonchev–Trinajstić information content (AvgIpc) is 3.34. The number of aryl methyl sites for hydroxylation is 1. The van der Waals surface area contributed by atoms with Crippen molar-refractivity contribution in [1.82, 2.24) is 15.0 Å². The van der Waals surface area contributed by atoms with E-state index in [-0.39, 0.29) is 11.9 Å². The molecule has 0 aliphatic carbocycles. The highest BCUT2D eigenvalue weighted by Gasteiger charge is 2.36. The van der Waals surface area contributed by atoms with Gasteiger partial charge in [-0.25, -0.2) is 0 Å². The summed E-state index contributed by atoms with van der Waals surface area (Å²) in [4.78, 5) is 18.9. The molecular weight excluding hydrogens is 378 g/mol. The molecule has 1 amide bonds. The highest BCUT2D eigenvalue weighted by Crippen LogP contribution is 2.34. The third-order valence-electron chi connectivity index (χ3n) is 5.19. The molecule has 0 spiro atoms. The lowest BCUT2D eigenvalue weighted by Gasteiger charge is -2.22. The zero-order valence-electron chi connectivity index (χ0n) is 17.7. The minimum atomic E-state index is -0.187. The molecule has 1 atom stereocenters. The smallest absolute Gasteiger partial charge is 0.249 e. The molecule has 1 aromatic heterocycles. The number of rotatable bonds is 7. The maximum atomic E-state index is 12.5. The van der Waals surface area contributed by atoms with E-state index in [1.807, 2.05) is 41.3 Å². The van der Waals surface area contributed by atoms with Gasteiger partial charge in [0.1, 0.15) is 11.8 Å². The van der Waals surface area contributed by atoms with E-state index in [1.54, 1.807) is 0 Å². The predicted molar refractivity (Wildman–Crippen MR) is 114 cm³/mol. The van der Waals surface area contributed by atoms with Crippen LogP contribution in [0.2, 0.25) is 0 Å². The molecule has 2 heterocycles. The highest BCUT2D eigenvalue weighted by atomic mass is 16.5. The summed E-state index contributed by atoms with van der Waals surface area (Å²) < 4.78 is 11.3.